The lowest BCUT2D eigenvalue weighted by Gasteiger charge is -2.32. The van der Waals surface area contributed by atoms with E-state index in [1.54, 1.807) is 14.2 Å². The van der Waals surface area contributed by atoms with E-state index in [2.05, 4.69) is 47.4 Å². The van der Waals surface area contributed by atoms with Gasteiger partial charge < -0.3 is 14.4 Å². The molecule has 0 unspecified atom stereocenters. The number of likely N-dealkylation sites (tertiary alicyclic amines) is 1. The van der Waals surface area contributed by atoms with E-state index in [9.17, 15) is 0 Å². The Balaban J connectivity index is 0.00000261. The number of methoxy groups -OCH3 is 2. The molecule has 0 atom stereocenters. The van der Waals surface area contributed by atoms with Gasteiger partial charge in [-0.25, -0.2) is 0 Å². The van der Waals surface area contributed by atoms with Crippen LogP contribution in [0.4, 0.5) is 0 Å². The Morgan fingerprint density at radius 1 is 0.852 bits per heavy atom. The zero-order valence-electron chi connectivity index (χ0n) is 16.5. The van der Waals surface area contributed by atoms with Gasteiger partial charge in [-0.05, 0) is 86.5 Å². The van der Waals surface area contributed by atoms with Crippen molar-refractivity contribution < 1.29 is 9.47 Å². The molecule has 1 saturated heterocycles. The summed E-state index contributed by atoms with van der Waals surface area (Å²) in [5, 5.41) is 0. The summed E-state index contributed by atoms with van der Waals surface area (Å²) >= 11 is 0. The molecule has 1 fully saturated rings. The van der Waals surface area contributed by atoms with Crippen LogP contribution in [0.1, 0.15) is 30.4 Å². The molecule has 2 aromatic rings. The fourth-order valence-corrected chi connectivity index (χ4v) is 3.78. The van der Waals surface area contributed by atoms with Crippen molar-refractivity contribution in [1.29, 1.82) is 0 Å². The summed E-state index contributed by atoms with van der Waals surface area (Å²) in [6.45, 7) is 3.62. The summed E-state index contributed by atoms with van der Waals surface area (Å²) in [5.74, 6) is 2.77. The fraction of sp³-hybridized carbons (Fsp3) is 0.478. The van der Waals surface area contributed by atoms with Gasteiger partial charge >= 0.3 is 0 Å². The molecule has 0 radical (unpaired) electrons. The Morgan fingerprint density at radius 3 is 2.22 bits per heavy atom. The van der Waals surface area contributed by atoms with E-state index >= 15 is 0 Å². The van der Waals surface area contributed by atoms with Crippen LogP contribution >= 0.6 is 12.4 Å². The number of ether oxygens (including phenoxy) is 2. The van der Waals surface area contributed by atoms with Crippen molar-refractivity contribution in [2.24, 2.45) is 5.92 Å². The highest BCUT2D eigenvalue weighted by atomic mass is 35.5. The summed E-state index contributed by atoms with van der Waals surface area (Å²) in [5.41, 5.74) is 2.79. The largest absolute Gasteiger partial charge is 0.497 e. The number of nitrogens with zero attached hydrogens (tertiary/aromatic N) is 1. The molecule has 4 heteroatoms. The van der Waals surface area contributed by atoms with Gasteiger partial charge in [0.2, 0.25) is 0 Å². The average molecular weight is 390 g/mol. The fourth-order valence-electron chi connectivity index (χ4n) is 3.78. The van der Waals surface area contributed by atoms with Crippen LogP contribution in [0, 0.1) is 5.92 Å². The standard InChI is InChI=1S/C23H31NO2.ClH/c1-25-22-10-8-19(9-11-22)6-7-20-12-15-24(16-13-20)17-14-21-4-3-5-23(18-21)26-2;/h3-5,8-11,18,20H,6-7,12-17H2,1-2H3;1H. The molecule has 0 bridgehead atoms. The summed E-state index contributed by atoms with van der Waals surface area (Å²) < 4.78 is 10.5. The van der Waals surface area contributed by atoms with E-state index in [1.165, 1.54) is 49.9 Å². The highest BCUT2D eigenvalue weighted by Crippen LogP contribution is 2.23. The molecule has 0 aromatic heterocycles. The minimum absolute atomic E-state index is 0. The van der Waals surface area contributed by atoms with E-state index in [1.807, 2.05) is 6.07 Å². The monoisotopic (exact) mass is 389 g/mol. The lowest BCUT2D eigenvalue weighted by Crippen LogP contribution is -2.35. The SMILES string of the molecule is COc1ccc(CCC2CCN(CCc3cccc(OC)c3)CC2)cc1.Cl. The minimum atomic E-state index is 0. The van der Waals surface area contributed by atoms with E-state index in [4.69, 9.17) is 9.47 Å². The van der Waals surface area contributed by atoms with Crippen molar-refractivity contribution in [3.63, 3.8) is 0 Å². The zero-order valence-corrected chi connectivity index (χ0v) is 17.3. The number of benzene rings is 2. The second kappa shape index (κ2) is 11.2. The molecule has 0 aliphatic carbocycles. The number of hydrogen-bond donors (Lipinski definition) is 0. The molecule has 27 heavy (non-hydrogen) atoms. The maximum Gasteiger partial charge on any atom is 0.119 e. The van der Waals surface area contributed by atoms with Crippen molar-refractivity contribution in [2.75, 3.05) is 33.9 Å². The van der Waals surface area contributed by atoms with E-state index in [-0.39, 0.29) is 12.4 Å². The molecule has 0 N–H and O–H groups in total. The molecule has 0 amide bonds. The Morgan fingerprint density at radius 2 is 1.56 bits per heavy atom. The Labute approximate surface area is 170 Å². The quantitative estimate of drug-likeness (QED) is 0.633. The van der Waals surface area contributed by atoms with Crippen LogP contribution in [-0.4, -0.2) is 38.8 Å². The van der Waals surface area contributed by atoms with E-state index < -0.39 is 0 Å². The molecular weight excluding hydrogens is 358 g/mol. The molecule has 1 heterocycles. The van der Waals surface area contributed by atoms with Crippen molar-refractivity contribution in [1.82, 2.24) is 4.90 Å². The van der Waals surface area contributed by atoms with Gasteiger partial charge in [0.15, 0.2) is 0 Å². The lowest BCUT2D eigenvalue weighted by atomic mass is 9.90. The van der Waals surface area contributed by atoms with Gasteiger partial charge in [0, 0.05) is 6.54 Å². The number of rotatable bonds is 8. The number of halogens is 1. The second-order valence-electron chi connectivity index (χ2n) is 7.27. The van der Waals surface area contributed by atoms with Crippen LogP contribution in [0.3, 0.4) is 0 Å². The van der Waals surface area contributed by atoms with Gasteiger partial charge in [-0.15, -0.1) is 12.4 Å². The average Bonchev–Trinajstić information content (AvgIpc) is 2.72. The van der Waals surface area contributed by atoms with Crippen LogP contribution in [-0.2, 0) is 12.8 Å². The minimum Gasteiger partial charge on any atom is -0.497 e. The zero-order chi connectivity index (χ0) is 18.2. The normalized spacial score (nSPS) is 15.2. The number of aryl methyl sites for hydroxylation is 1. The topological polar surface area (TPSA) is 21.7 Å². The molecule has 2 aromatic carbocycles. The third kappa shape index (κ3) is 6.75. The Bertz CT molecular complexity index is 666. The van der Waals surface area contributed by atoms with Crippen LogP contribution in [0.5, 0.6) is 11.5 Å². The molecule has 3 rings (SSSR count). The molecule has 0 saturated carbocycles. The molecule has 148 valence electrons. The summed E-state index contributed by atoms with van der Waals surface area (Å²) in [7, 11) is 3.45. The Kier molecular flexibility index (Phi) is 8.96. The van der Waals surface area contributed by atoms with Crippen molar-refractivity contribution in [2.45, 2.75) is 32.1 Å². The highest BCUT2D eigenvalue weighted by Gasteiger charge is 2.18. The maximum atomic E-state index is 5.32. The summed E-state index contributed by atoms with van der Waals surface area (Å²) in [4.78, 5) is 2.61. The molecule has 0 spiro atoms. The summed E-state index contributed by atoms with van der Waals surface area (Å²) in [6, 6.07) is 17.0. The van der Waals surface area contributed by atoms with Crippen LogP contribution < -0.4 is 9.47 Å². The predicted octanol–water partition coefficient (Wildman–Crippen LogP) is 5.01. The first kappa shape index (κ1) is 21.6. The third-order valence-corrected chi connectivity index (χ3v) is 5.56. The Hall–Kier alpha value is -1.71. The summed E-state index contributed by atoms with van der Waals surface area (Å²) in [6.07, 6.45) is 6.24. The first-order valence-corrected chi connectivity index (χ1v) is 9.75. The third-order valence-electron chi connectivity index (χ3n) is 5.56. The smallest absolute Gasteiger partial charge is 0.119 e. The van der Waals surface area contributed by atoms with E-state index in [0.717, 1.165) is 30.4 Å². The van der Waals surface area contributed by atoms with Crippen molar-refractivity contribution in [3.8, 4) is 11.5 Å². The molecular formula is C23H32ClNO2. The molecule has 1 aliphatic rings. The van der Waals surface area contributed by atoms with Gasteiger partial charge in [0.25, 0.3) is 0 Å². The second-order valence-corrected chi connectivity index (χ2v) is 7.27. The van der Waals surface area contributed by atoms with Crippen LogP contribution in [0.2, 0.25) is 0 Å². The first-order valence-electron chi connectivity index (χ1n) is 9.75. The van der Waals surface area contributed by atoms with Gasteiger partial charge in [-0.3, -0.25) is 0 Å². The van der Waals surface area contributed by atoms with Gasteiger partial charge in [-0.2, -0.15) is 0 Å². The van der Waals surface area contributed by atoms with Gasteiger partial charge in [0.1, 0.15) is 11.5 Å². The number of hydrogen-bond acceptors (Lipinski definition) is 3. The first-order chi connectivity index (χ1) is 12.8. The van der Waals surface area contributed by atoms with E-state index in [0.29, 0.717) is 0 Å². The molecule has 1 aliphatic heterocycles. The van der Waals surface area contributed by atoms with Crippen molar-refractivity contribution in [3.05, 3.63) is 59.7 Å². The van der Waals surface area contributed by atoms with Gasteiger partial charge in [0.05, 0.1) is 14.2 Å². The molecule has 3 nitrogen and oxygen atoms in total. The maximum absolute atomic E-state index is 5.32. The predicted molar refractivity (Wildman–Crippen MR) is 114 cm³/mol. The lowest BCUT2D eigenvalue weighted by molar-refractivity contribution is 0.181. The number of piperidine rings is 1. The highest BCUT2D eigenvalue weighted by molar-refractivity contribution is 5.85. The van der Waals surface area contributed by atoms with Crippen molar-refractivity contribution >= 4 is 12.4 Å². The van der Waals surface area contributed by atoms with Crippen LogP contribution in [0.15, 0.2) is 48.5 Å². The van der Waals surface area contributed by atoms with Gasteiger partial charge in [-0.1, -0.05) is 24.3 Å². The van der Waals surface area contributed by atoms with Crippen LogP contribution in [0.25, 0.3) is 0 Å².